The van der Waals surface area contributed by atoms with Gasteiger partial charge in [-0.1, -0.05) is 24.3 Å². The zero-order valence-corrected chi connectivity index (χ0v) is 22.3. The molecule has 1 saturated heterocycles. The number of hydrogen-bond donors (Lipinski definition) is 0. The van der Waals surface area contributed by atoms with Crippen molar-refractivity contribution in [2.45, 2.75) is 50.0 Å². The molecule has 2 atom stereocenters. The van der Waals surface area contributed by atoms with Gasteiger partial charge < -0.3 is 9.64 Å². The predicted octanol–water partition coefficient (Wildman–Crippen LogP) is 4.86. The van der Waals surface area contributed by atoms with Crippen LogP contribution in [-0.2, 0) is 39.9 Å². The van der Waals surface area contributed by atoms with Gasteiger partial charge in [-0.15, -0.1) is 0 Å². The number of aryl methyl sites for hydroxylation is 1. The molecule has 0 bridgehead atoms. The first-order valence-corrected chi connectivity index (χ1v) is 13.4. The molecule has 0 radical (unpaired) electrons. The van der Waals surface area contributed by atoms with Gasteiger partial charge in [-0.2, -0.15) is 18.3 Å². The maximum Gasteiger partial charge on any atom is 0.418 e. The number of nitrogens with zero attached hydrogens (tertiary/aromatic N) is 4. The summed E-state index contributed by atoms with van der Waals surface area (Å²) in [7, 11) is 1.68. The zero-order valence-electron chi connectivity index (χ0n) is 22.3. The number of imide groups is 1. The molecular weight excluding hydrogens is 563 g/mol. The second-order valence-electron chi connectivity index (χ2n) is 10.9. The van der Waals surface area contributed by atoms with Crippen molar-refractivity contribution in [3.05, 3.63) is 77.1 Å². The van der Waals surface area contributed by atoms with Crippen LogP contribution in [-0.4, -0.2) is 56.3 Å². The van der Waals surface area contributed by atoms with Gasteiger partial charge in [0.2, 0.25) is 11.5 Å². The van der Waals surface area contributed by atoms with E-state index in [1.165, 1.54) is 35.1 Å². The summed E-state index contributed by atoms with van der Waals surface area (Å²) >= 11 is 0. The molecule has 13 heteroatoms. The molecule has 1 aliphatic heterocycles. The molecule has 6 rings (SSSR count). The Hall–Kier alpha value is -4.29. The summed E-state index contributed by atoms with van der Waals surface area (Å²) in [6, 6.07) is 5.45. The van der Waals surface area contributed by atoms with E-state index in [9.17, 15) is 31.9 Å². The molecule has 3 aromatic rings. The van der Waals surface area contributed by atoms with E-state index in [-0.39, 0.29) is 47.9 Å². The Labute approximate surface area is 236 Å². The van der Waals surface area contributed by atoms with Crippen LogP contribution in [0.15, 0.2) is 48.8 Å². The first-order chi connectivity index (χ1) is 19.9. The van der Waals surface area contributed by atoms with E-state index in [1.54, 1.807) is 13.2 Å². The number of fused-ring (bicyclic) bond motifs is 2. The standard InChI is InChI=1S/C29H25F5N4O4/c1-36-14-18(12-35-36)20-8-9-22-21(24(20)31)10-11-28(22)26(40)38(27(41)42-28)15-23(39)37(13-16-2-6-19(30)7-3-16)25(17-4-5-17)29(32,33)34/h2-3,6-9,12,14,17,25H,4-5,10-11,13,15H2,1H3/t25-,28?/m0/s1. The van der Waals surface area contributed by atoms with Crippen LogP contribution >= 0.6 is 0 Å². The quantitative estimate of drug-likeness (QED) is 0.369. The van der Waals surface area contributed by atoms with E-state index in [0.717, 1.165) is 12.1 Å². The number of alkyl halides is 3. The Balaban J connectivity index is 1.28. The van der Waals surface area contributed by atoms with Crippen molar-refractivity contribution in [1.29, 1.82) is 0 Å². The van der Waals surface area contributed by atoms with Crippen LogP contribution in [0.4, 0.5) is 26.7 Å². The van der Waals surface area contributed by atoms with Crippen LogP contribution in [0.25, 0.3) is 11.1 Å². The Bertz CT molecular complexity index is 1580. The van der Waals surface area contributed by atoms with Gasteiger partial charge in [0, 0.05) is 42.9 Å². The molecular formula is C29H25F5N4O4. The van der Waals surface area contributed by atoms with Gasteiger partial charge in [-0.3, -0.25) is 14.3 Å². The minimum absolute atomic E-state index is 0.0601. The third-order valence-electron chi connectivity index (χ3n) is 8.11. The van der Waals surface area contributed by atoms with Gasteiger partial charge in [0.05, 0.1) is 6.20 Å². The lowest BCUT2D eigenvalue weighted by molar-refractivity contribution is -0.196. The van der Waals surface area contributed by atoms with Crippen LogP contribution < -0.4 is 0 Å². The van der Waals surface area contributed by atoms with Gasteiger partial charge in [0.1, 0.15) is 24.2 Å². The molecule has 2 aliphatic carbocycles. The molecule has 3 amide bonds. The maximum atomic E-state index is 15.6. The molecule has 2 heterocycles. The van der Waals surface area contributed by atoms with Crippen LogP contribution in [0.5, 0.6) is 0 Å². The Morgan fingerprint density at radius 2 is 1.86 bits per heavy atom. The number of hydrogen-bond acceptors (Lipinski definition) is 5. The SMILES string of the molecule is Cn1cc(-c2ccc3c(c2F)CCC32OC(=O)N(CC(=O)N(Cc3ccc(F)cc3)[C@@H](C3CC3)C(F)(F)F)C2=O)cn1. The summed E-state index contributed by atoms with van der Waals surface area (Å²) in [6.45, 7) is -1.50. The third kappa shape index (κ3) is 4.70. The summed E-state index contributed by atoms with van der Waals surface area (Å²) in [5.41, 5.74) is -0.571. The van der Waals surface area contributed by atoms with E-state index in [1.807, 2.05) is 0 Å². The van der Waals surface area contributed by atoms with Crippen LogP contribution in [0.2, 0.25) is 0 Å². The van der Waals surface area contributed by atoms with E-state index in [2.05, 4.69) is 5.10 Å². The highest BCUT2D eigenvalue weighted by Gasteiger charge is 2.60. The van der Waals surface area contributed by atoms with E-state index in [4.69, 9.17) is 4.74 Å². The molecule has 1 aromatic heterocycles. The smallest absolute Gasteiger partial charge is 0.418 e. The number of benzene rings is 2. The predicted molar refractivity (Wildman–Crippen MR) is 136 cm³/mol. The van der Waals surface area contributed by atoms with Gasteiger partial charge in [0.25, 0.3) is 5.91 Å². The molecule has 1 spiro atoms. The summed E-state index contributed by atoms with van der Waals surface area (Å²) < 4.78 is 78.5. The van der Waals surface area contributed by atoms with Crippen molar-refractivity contribution < 1.29 is 41.1 Å². The second kappa shape index (κ2) is 9.92. The largest absolute Gasteiger partial charge is 0.427 e. The van der Waals surface area contributed by atoms with Crippen molar-refractivity contribution in [2.75, 3.05) is 6.54 Å². The summed E-state index contributed by atoms with van der Waals surface area (Å²) in [4.78, 5) is 41.1. The van der Waals surface area contributed by atoms with Gasteiger partial charge in [-0.25, -0.2) is 18.5 Å². The third-order valence-corrected chi connectivity index (χ3v) is 8.11. The summed E-state index contributed by atoms with van der Waals surface area (Å²) in [5, 5.41) is 4.04. The lowest BCUT2D eigenvalue weighted by Gasteiger charge is -2.34. The van der Waals surface area contributed by atoms with Crippen molar-refractivity contribution in [3.63, 3.8) is 0 Å². The number of ether oxygens (including phenoxy) is 1. The lowest BCUT2D eigenvalue weighted by Crippen LogP contribution is -2.53. The Morgan fingerprint density at radius 1 is 1.14 bits per heavy atom. The number of carbonyl (C=O) groups excluding carboxylic acids is 3. The fourth-order valence-electron chi connectivity index (χ4n) is 5.94. The highest BCUT2D eigenvalue weighted by Crippen LogP contribution is 2.48. The molecule has 3 aliphatic rings. The van der Waals surface area contributed by atoms with Gasteiger partial charge in [-0.05, 0) is 48.4 Å². The van der Waals surface area contributed by atoms with Crippen molar-refractivity contribution >= 4 is 17.9 Å². The van der Waals surface area contributed by atoms with Crippen molar-refractivity contribution in [3.8, 4) is 11.1 Å². The van der Waals surface area contributed by atoms with Crippen molar-refractivity contribution in [1.82, 2.24) is 19.6 Å². The number of halogens is 5. The lowest BCUT2D eigenvalue weighted by atomic mass is 9.93. The summed E-state index contributed by atoms with van der Waals surface area (Å²) in [5.74, 6) is -4.08. The molecule has 42 heavy (non-hydrogen) atoms. The topological polar surface area (TPSA) is 84.7 Å². The number of carbonyl (C=O) groups is 3. The highest BCUT2D eigenvalue weighted by molar-refractivity contribution is 6.06. The molecule has 2 fully saturated rings. The molecule has 220 valence electrons. The average Bonchev–Trinajstić information content (AvgIpc) is 3.47. The van der Waals surface area contributed by atoms with Crippen LogP contribution in [0, 0.1) is 17.6 Å². The number of rotatable bonds is 7. The number of aromatic nitrogens is 2. The maximum absolute atomic E-state index is 15.6. The van der Waals surface area contributed by atoms with E-state index in [0.29, 0.717) is 15.4 Å². The molecule has 1 unspecified atom stereocenters. The zero-order chi connectivity index (χ0) is 30.0. The first kappa shape index (κ1) is 27.9. The Morgan fingerprint density at radius 3 is 2.48 bits per heavy atom. The highest BCUT2D eigenvalue weighted by atomic mass is 19.4. The van der Waals surface area contributed by atoms with E-state index >= 15 is 4.39 Å². The minimum atomic E-state index is -4.78. The first-order valence-electron chi connectivity index (χ1n) is 13.4. The van der Waals surface area contributed by atoms with E-state index < -0.39 is 66.4 Å². The molecule has 1 saturated carbocycles. The van der Waals surface area contributed by atoms with Crippen molar-refractivity contribution in [2.24, 2.45) is 13.0 Å². The fraction of sp³-hybridized carbons (Fsp3) is 0.379. The Kier molecular flexibility index (Phi) is 6.58. The van der Waals surface area contributed by atoms with Gasteiger partial charge in [0.15, 0.2) is 0 Å². The molecule has 0 N–H and O–H groups in total. The molecule has 8 nitrogen and oxygen atoms in total. The minimum Gasteiger partial charge on any atom is -0.427 e. The summed E-state index contributed by atoms with van der Waals surface area (Å²) in [6.07, 6.45) is -2.38. The van der Waals surface area contributed by atoms with Crippen LogP contribution in [0.1, 0.15) is 36.0 Å². The average molecular weight is 589 g/mol. The monoisotopic (exact) mass is 588 g/mol. The molecule has 2 aromatic carbocycles. The van der Waals surface area contributed by atoms with Crippen LogP contribution in [0.3, 0.4) is 0 Å². The fourth-order valence-corrected chi connectivity index (χ4v) is 5.94. The number of amides is 3. The normalized spacial score (nSPS) is 20.7. The second-order valence-corrected chi connectivity index (χ2v) is 10.9. The van der Waals surface area contributed by atoms with Gasteiger partial charge >= 0.3 is 12.3 Å².